The number of primary sulfonamides is 1. The van der Waals surface area contributed by atoms with Crippen molar-refractivity contribution in [2.24, 2.45) is 5.14 Å². The van der Waals surface area contributed by atoms with Crippen LogP contribution in [0.3, 0.4) is 0 Å². The van der Waals surface area contributed by atoms with Gasteiger partial charge in [0.2, 0.25) is 20.0 Å². The van der Waals surface area contributed by atoms with Crippen LogP contribution in [-0.4, -0.2) is 73.2 Å². The van der Waals surface area contributed by atoms with Crippen LogP contribution < -0.4 is 20.9 Å². The molecule has 1 aliphatic rings. The number of thiazole rings is 1. The predicted molar refractivity (Wildman–Crippen MR) is 139 cm³/mol. The molecule has 3 heterocycles. The van der Waals surface area contributed by atoms with Gasteiger partial charge in [0, 0.05) is 18.2 Å². The SMILES string of the molecule is Nc1nc2c(-c3ccc(S(=O)(=O)NC[C@@H]4CCCN4)c(S(N)(=O)=O)c3-c3nnn[nH]3)cccc2s1.O=CO. The zero-order chi connectivity index (χ0) is 27.5. The van der Waals surface area contributed by atoms with E-state index in [0.717, 1.165) is 24.1 Å². The first kappa shape index (κ1) is 27.5. The van der Waals surface area contributed by atoms with Crippen molar-refractivity contribution < 1.29 is 26.7 Å². The Kier molecular flexibility index (Phi) is 7.99. The lowest BCUT2D eigenvalue weighted by molar-refractivity contribution is -0.122. The number of tetrazole rings is 1. The van der Waals surface area contributed by atoms with Gasteiger partial charge in [0.25, 0.3) is 6.47 Å². The summed E-state index contributed by atoms with van der Waals surface area (Å²) in [5.74, 6) is -0.0706. The van der Waals surface area contributed by atoms with Gasteiger partial charge in [0.15, 0.2) is 11.0 Å². The molecule has 1 aliphatic heterocycles. The fraction of sp³-hybridized carbons (Fsp3) is 0.250. The van der Waals surface area contributed by atoms with Gasteiger partial charge >= 0.3 is 0 Å². The van der Waals surface area contributed by atoms with E-state index in [1.807, 2.05) is 6.07 Å². The van der Waals surface area contributed by atoms with Crippen LogP contribution in [0.25, 0.3) is 32.7 Å². The predicted octanol–water partition coefficient (Wildman–Crippen LogP) is 0.104. The summed E-state index contributed by atoms with van der Waals surface area (Å²) in [5.41, 5.74) is 7.16. The molecule has 0 spiro atoms. The topological polar surface area (TPSA) is 249 Å². The number of benzene rings is 2. The van der Waals surface area contributed by atoms with Crippen LogP contribution in [0, 0.1) is 0 Å². The van der Waals surface area contributed by atoms with Crippen LogP contribution in [0.5, 0.6) is 0 Å². The molecule has 0 radical (unpaired) electrons. The van der Waals surface area contributed by atoms with E-state index in [4.69, 9.17) is 20.8 Å². The van der Waals surface area contributed by atoms with Gasteiger partial charge in [-0.15, -0.1) is 5.10 Å². The van der Waals surface area contributed by atoms with Crippen LogP contribution >= 0.6 is 11.3 Å². The number of hydrogen-bond acceptors (Lipinski definition) is 12. The molecule has 15 nitrogen and oxygen atoms in total. The molecule has 18 heteroatoms. The summed E-state index contributed by atoms with van der Waals surface area (Å²) < 4.78 is 55.6. The summed E-state index contributed by atoms with van der Waals surface area (Å²) in [6.45, 7) is 0.642. The quantitative estimate of drug-likeness (QED) is 0.159. The zero-order valence-corrected chi connectivity index (χ0v) is 22.0. The van der Waals surface area contributed by atoms with Crippen LogP contribution in [-0.2, 0) is 24.8 Å². The van der Waals surface area contributed by atoms with E-state index >= 15 is 0 Å². The highest BCUT2D eigenvalue weighted by Gasteiger charge is 2.32. The number of carbonyl (C=O) groups is 1. The van der Waals surface area contributed by atoms with E-state index in [0.29, 0.717) is 21.8 Å². The lowest BCUT2D eigenvalue weighted by Crippen LogP contribution is -2.37. The number of carboxylic acid groups (broad SMARTS) is 1. The van der Waals surface area contributed by atoms with Crippen LogP contribution in [0.2, 0.25) is 0 Å². The summed E-state index contributed by atoms with van der Waals surface area (Å²) in [6.07, 6.45) is 1.73. The molecule has 38 heavy (non-hydrogen) atoms. The van der Waals surface area contributed by atoms with E-state index in [2.05, 4.69) is 35.6 Å². The minimum absolute atomic E-state index is 0.0485. The number of nitrogens with zero attached hydrogens (tertiary/aromatic N) is 4. The van der Waals surface area contributed by atoms with Gasteiger partial charge in [0.1, 0.15) is 9.79 Å². The Morgan fingerprint density at radius 1 is 1.18 bits per heavy atom. The molecule has 2 aromatic heterocycles. The number of fused-ring (bicyclic) bond motifs is 1. The lowest BCUT2D eigenvalue weighted by atomic mass is 9.98. The molecule has 8 N–H and O–H groups in total. The Morgan fingerprint density at radius 2 is 1.95 bits per heavy atom. The number of nitrogen functional groups attached to an aromatic ring is 1. The number of hydrogen-bond donors (Lipinski definition) is 6. The molecule has 1 atom stereocenters. The minimum atomic E-state index is -4.58. The van der Waals surface area contributed by atoms with Gasteiger partial charge in [-0.3, -0.25) is 4.79 Å². The summed E-state index contributed by atoms with van der Waals surface area (Å²) >= 11 is 1.26. The third kappa shape index (κ3) is 5.64. The second kappa shape index (κ2) is 11.1. The first-order chi connectivity index (χ1) is 18.1. The number of nitrogens with two attached hydrogens (primary N) is 2. The van der Waals surface area contributed by atoms with E-state index in [9.17, 15) is 16.8 Å². The second-order valence-corrected chi connectivity index (χ2v) is 12.4. The van der Waals surface area contributed by atoms with Gasteiger partial charge in [0.05, 0.1) is 15.8 Å². The molecular formula is C20H23N9O6S3. The van der Waals surface area contributed by atoms with Crippen molar-refractivity contribution in [2.45, 2.75) is 28.7 Å². The van der Waals surface area contributed by atoms with E-state index < -0.39 is 29.8 Å². The molecule has 1 fully saturated rings. The van der Waals surface area contributed by atoms with Crippen molar-refractivity contribution in [1.29, 1.82) is 0 Å². The number of sulfonamides is 2. The number of H-pyrrole nitrogens is 1. The molecule has 1 saturated heterocycles. The molecule has 0 unspecified atom stereocenters. The summed E-state index contributed by atoms with van der Waals surface area (Å²) in [6, 6.07) is 7.95. The van der Waals surface area contributed by atoms with Gasteiger partial charge < -0.3 is 16.2 Å². The van der Waals surface area contributed by atoms with Gasteiger partial charge in [-0.05, 0) is 47.5 Å². The van der Waals surface area contributed by atoms with Crippen LogP contribution in [0.1, 0.15) is 12.8 Å². The fourth-order valence-electron chi connectivity index (χ4n) is 4.18. The first-order valence-electron chi connectivity index (χ1n) is 11.0. The zero-order valence-electron chi connectivity index (χ0n) is 19.5. The number of para-hydroxylation sites is 1. The number of rotatable bonds is 7. The van der Waals surface area contributed by atoms with Crippen molar-refractivity contribution in [2.75, 3.05) is 18.8 Å². The monoisotopic (exact) mass is 581 g/mol. The normalized spacial score (nSPS) is 15.8. The smallest absolute Gasteiger partial charge is 0.290 e. The highest BCUT2D eigenvalue weighted by molar-refractivity contribution is 7.92. The number of nitrogens with one attached hydrogen (secondary N) is 3. The van der Waals surface area contributed by atoms with Gasteiger partial charge in [-0.2, -0.15) is 0 Å². The fourth-order valence-corrected chi connectivity index (χ4v) is 7.63. The standard InChI is InChI=1S/C19H21N9O4S3.CH2O2/c20-19-24-16-12(4-1-5-13(16)33-19)11-6-7-14(35(31,32)23-9-10-3-2-8-22-10)17(34(21,29)30)15(11)18-25-27-28-26-18;2-1-3/h1,4-7,10,22-23H,2-3,8-9H2,(H2,20,24)(H2,21,29,30)(H,25,26,27,28);1H,(H,2,3)/t10-;/m0./s1. The summed E-state index contributed by atoms with van der Waals surface area (Å²) in [5, 5.41) is 29.5. The average molecular weight is 582 g/mol. The van der Waals surface area contributed by atoms with Crippen molar-refractivity contribution >= 4 is 53.2 Å². The van der Waals surface area contributed by atoms with Crippen molar-refractivity contribution in [3.63, 3.8) is 0 Å². The third-order valence-electron chi connectivity index (χ3n) is 5.69. The molecule has 0 aliphatic carbocycles. The molecular weight excluding hydrogens is 558 g/mol. The Balaban J connectivity index is 0.00000107. The first-order valence-corrected chi connectivity index (χ1v) is 14.8. The molecule has 4 aromatic rings. The summed E-state index contributed by atoms with van der Waals surface area (Å²) in [7, 11) is -8.86. The van der Waals surface area contributed by atoms with E-state index in [1.54, 1.807) is 12.1 Å². The number of aromatic nitrogens is 5. The maximum absolute atomic E-state index is 13.3. The van der Waals surface area contributed by atoms with Crippen LogP contribution in [0.4, 0.5) is 5.13 Å². The molecule has 202 valence electrons. The molecule has 0 amide bonds. The lowest BCUT2D eigenvalue weighted by Gasteiger charge is -2.18. The average Bonchev–Trinajstić information content (AvgIpc) is 3.63. The maximum Gasteiger partial charge on any atom is 0.290 e. The Morgan fingerprint density at radius 3 is 2.58 bits per heavy atom. The Hall–Kier alpha value is -3.55. The highest BCUT2D eigenvalue weighted by Crippen LogP contribution is 2.41. The molecule has 0 bridgehead atoms. The Bertz CT molecular complexity index is 1670. The largest absolute Gasteiger partial charge is 0.483 e. The van der Waals surface area contributed by atoms with Crippen molar-refractivity contribution in [3.05, 3.63) is 30.3 Å². The van der Waals surface area contributed by atoms with Crippen molar-refractivity contribution in [1.82, 2.24) is 35.6 Å². The highest BCUT2D eigenvalue weighted by atomic mass is 32.2. The summed E-state index contributed by atoms with van der Waals surface area (Å²) in [4.78, 5) is 11.6. The van der Waals surface area contributed by atoms with Gasteiger partial charge in [-0.1, -0.05) is 29.5 Å². The van der Waals surface area contributed by atoms with E-state index in [1.165, 1.54) is 23.5 Å². The number of anilines is 1. The molecule has 2 aromatic carbocycles. The minimum Gasteiger partial charge on any atom is -0.483 e. The molecule has 0 saturated carbocycles. The maximum atomic E-state index is 13.3. The van der Waals surface area contributed by atoms with E-state index in [-0.39, 0.29) is 30.4 Å². The third-order valence-corrected chi connectivity index (χ3v) is 9.12. The molecule has 5 rings (SSSR count). The van der Waals surface area contributed by atoms with Gasteiger partial charge in [-0.25, -0.2) is 36.8 Å². The Labute approximate surface area is 220 Å². The number of aromatic amines is 1. The second-order valence-electron chi connectivity index (χ2n) is 8.07. The van der Waals surface area contributed by atoms with Crippen LogP contribution in [0.15, 0.2) is 40.1 Å². The van der Waals surface area contributed by atoms with Crippen molar-refractivity contribution in [3.8, 4) is 22.5 Å².